The molecule has 1 aliphatic heterocycles. The van der Waals surface area contributed by atoms with Gasteiger partial charge in [0.25, 0.3) is 0 Å². The topological polar surface area (TPSA) is 62.7 Å². The van der Waals surface area contributed by atoms with Crippen LogP contribution < -0.4 is 4.90 Å². The predicted molar refractivity (Wildman–Crippen MR) is 82.0 cm³/mol. The number of aryl methyl sites for hydroxylation is 1. The second-order valence-corrected chi connectivity index (χ2v) is 5.65. The number of aromatic nitrogens is 1. The highest BCUT2D eigenvalue weighted by atomic mass is 16.5. The molecule has 1 saturated heterocycles. The van der Waals surface area contributed by atoms with Crippen molar-refractivity contribution in [3.05, 3.63) is 23.4 Å². The number of anilines is 1. The molecule has 1 fully saturated rings. The van der Waals surface area contributed by atoms with Crippen LogP contribution in [-0.4, -0.2) is 42.9 Å². The predicted octanol–water partition coefficient (Wildman–Crippen LogP) is 2.60. The lowest BCUT2D eigenvalue weighted by molar-refractivity contribution is 0.0696. The van der Waals surface area contributed by atoms with Gasteiger partial charge in [0.05, 0.1) is 5.56 Å². The first kappa shape index (κ1) is 15.8. The van der Waals surface area contributed by atoms with Crippen molar-refractivity contribution < 1.29 is 14.6 Å². The van der Waals surface area contributed by atoms with Crippen LogP contribution in [0.25, 0.3) is 0 Å². The number of carboxylic acids is 1. The van der Waals surface area contributed by atoms with Crippen LogP contribution in [0.1, 0.15) is 42.2 Å². The van der Waals surface area contributed by atoms with Gasteiger partial charge in [-0.05, 0) is 37.3 Å². The van der Waals surface area contributed by atoms with Crippen LogP contribution in [0, 0.1) is 5.92 Å². The van der Waals surface area contributed by atoms with E-state index in [-0.39, 0.29) is 0 Å². The average Bonchev–Trinajstić information content (AvgIpc) is 2.48. The van der Waals surface area contributed by atoms with Crippen LogP contribution in [-0.2, 0) is 11.2 Å². The molecule has 0 saturated carbocycles. The van der Waals surface area contributed by atoms with Crippen LogP contribution in [0.4, 0.5) is 5.82 Å². The molecular formula is C16H24N2O3. The number of carboxylic acid groups (broad SMARTS) is 1. The number of ether oxygens (including phenoxy) is 1. The van der Waals surface area contributed by atoms with Gasteiger partial charge in [0.2, 0.25) is 0 Å². The third kappa shape index (κ3) is 4.17. The van der Waals surface area contributed by atoms with Crippen LogP contribution >= 0.6 is 0 Å². The Morgan fingerprint density at radius 1 is 1.43 bits per heavy atom. The molecule has 21 heavy (non-hydrogen) atoms. The highest BCUT2D eigenvalue weighted by Crippen LogP contribution is 2.23. The first-order valence-corrected chi connectivity index (χ1v) is 7.62. The summed E-state index contributed by atoms with van der Waals surface area (Å²) >= 11 is 0. The zero-order valence-corrected chi connectivity index (χ0v) is 12.8. The zero-order chi connectivity index (χ0) is 15.2. The van der Waals surface area contributed by atoms with Gasteiger partial charge in [-0.1, -0.05) is 13.3 Å². The fraction of sp³-hybridized carbons (Fsp3) is 0.625. The SMILES string of the molecule is CCCc1cc(C(=O)O)cc(N2CCC(COC)CC2)n1. The van der Waals surface area contributed by atoms with Gasteiger partial charge in [0.1, 0.15) is 5.82 Å². The summed E-state index contributed by atoms with van der Waals surface area (Å²) < 4.78 is 5.21. The minimum absolute atomic E-state index is 0.336. The lowest BCUT2D eigenvalue weighted by Crippen LogP contribution is -2.35. The van der Waals surface area contributed by atoms with E-state index in [1.54, 1.807) is 19.2 Å². The molecular weight excluding hydrogens is 268 g/mol. The molecule has 0 spiro atoms. The maximum absolute atomic E-state index is 11.3. The van der Waals surface area contributed by atoms with Gasteiger partial charge in [-0.25, -0.2) is 9.78 Å². The van der Waals surface area contributed by atoms with Crippen LogP contribution in [0.15, 0.2) is 12.1 Å². The second-order valence-electron chi connectivity index (χ2n) is 5.65. The van der Waals surface area contributed by atoms with E-state index >= 15 is 0 Å². The molecule has 0 atom stereocenters. The summed E-state index contributed by atoms with van der Waals surface area (Å²) in [4.78, 5) is 18.1. The third-order valence-corrected chi connectivity index (χ3v) is 3.96. The van der Waals surface area contributed by atoms with Crippen molar-refractivity contribution in [1.82, 2.24) is 4.98 Å². The fourth-order valence-electron chi connectivity index (χ4n) is 2.81. The molecule has 5 nitrogen and oxygen atoms in total. The van der Waals surface area contributed by atoms with Gasteiger partial charge in [-0.3, -0.25) is 0 Å². The molecule has 1 aromatic rings. The summed E-state index contributed by atoms with van der Waals surface area (Å²) in [7, 11) is 1.74. The highest BCUT2D eigenvalue weighted by molar-refractivity contribution is 5.88. The van der Waals surface area contributed by atoms with E-state index in [4.69, 9.17) is 4.74 Å². The van der Waals surface area contributed by atoms with Crippen molar-refractivity contribution in [2.45, 2.75) is 32.6 Å². The summed E-state index contributed by atoms with van der Waals surface area (Å²) in [6, 6.07) is 3.38. The number of piperidine rings is 1. The van der Waals surface area contributed by atoms with E-state index in [1.165, 1.54) is 0 Å². The molecule has 1 aromatic heterocycles. The normalized spacial score (nSPS) is 16.2. The molecule has 0 aliphatic carbocycles. The number of carbonyl (C=O) groups is 1. The third-order valence-electron chi connectivity index (χ3n) is 3.96. The lowest BCUT2D eigenvalue weighted by Gasteiger charge is -2.32. The zero-order valence-electron chi connectivity index (χ0n) is 12.8. The van der Waals surface area contributed by atoms with E-state index in [1.807, 2.05) is 0 Å². The molecule has 1 N–H and O–H groups in total. The number of rotatable bonds is 6. The fourth-order valence-corrected chi connectivity index (χ4v) is 2.81. The molecule has 0 amide bonds. The molecule has 0 radical (unpaired) electrons. The number of aromatic carboxylic acids is 1. The summed E-state index contributed by atoms with van der Waals surface area (Å²) in [5.41, 5.74) is 1.20. The van der Waals surface area contributed by atoms with Crippen molar-refractivity contribution in [3.63, 3.8) is 0 Å². The second kappa shape index (κ2) is 7.41. The Bertz CT molecular complexity index is 482. The van der Waals surface area contributed by atoms with Gasteiger partial charge in [0.15, 0.2) is 0 Å². The van der Waals surface area contributed by atoms with E-state index in [0.717, 1.165) is 56.9 Å². The highest BCUT2D eigenvalue weighted by Gasteiger charge is 2.21. The summed E-state index contributed by atoms with van der Waals surface area (Å²) in [5, 5.41) is 9.25. The first-order valence-electron chi connectivity index (χ1n) is 7.62. The van der Waals surface area contributed by atoms with Gasteiger partial charge in [0, 0.05) is 32.5 Å². The number of hydrogen-bond donors (Lipinski definition) is 1. The van der Waals surface area contributed by atoms with E-state index in [2.05, 4.69) is 16.8 Å². The molecule has 5 heteroatoms. The minimum atomic E-state index is -0.884. The largest absolute Gasteiger partial charge is 0.478 e. The maximum Gasteiger partial charge on any atom is 0.335 e. The monoisotopic (exact) mass is 292 g/mol. The molecule has 2 heterocycles. The quantitative estimate of drug-likeness (QED) is 0.873. The standard InChI is InChI=1S/C16H24N2O3/c1-3-4-14-9-13(16(19)20)10-15(17-14)18-7-5-12(6-8-18)11-21-2/h9-10,12H,3-8,11H2,1-2H3,(H,19,20). The van der Waals surface area contributed by atoms with Gasteiger partial charge in [-0.2, -0.15) is 0 Å². The first-order chi connectivity index (χ1) is 10.1. The number of hydrogen-bond acceptors (Lipinski definition) is 4. The van der Waals surface area contributed by atoms with Gasteiger partial charge in [-0.15, -0.1) is 0 Å². The summed E-state index contributed by atoms with van der Waals surface area (Å²) in [6.07, 6.45) is 3.91. The van der Waals surface area contributed by atoms with Crippen molar-refractivity contribution in [3.8, 4) is 0 Å². The number of pyridine rings is 1. The van der Waals surface area contributed by atoms with Crippen molar-refractivity contribution in [2.75, 3.05) is 31.7 Å². The van der Waals surface area contributed by atoms with Crippen LogP contribution in [0.5, 0.6) is 0 Å². The van der Waals surface area contributed by atoms with Crippen LogP contribution in [0.2, 0.25) is 0 Å². The van der Waals surface area contributed by atoms with Crippen molar-refractivity contribution >= 4 is 11.8 Å². The Morgan fingerprint density at radius 3 is 2.71 bits per heavy atom. The summed E-state index contributed by atoms with van der Waals surface area (Å²) in [6.45, 7) is 4.70. The summed E-state index contributed by atoms with van der Waals surface area (Å²) in [5.74, 6) is 0.517. The minimum Gasteiger partial charge on any atom is -0.478 e. The van der Waals surface area contributed by atoms with E-state index in [0.29, 0.717) is 11.5 Å². The van der Waals surface area contributed by atoms with E-state index < -0.39 is 5.97 Å². The number of nitrogens with zero attached hydrogens (tertiary/aromatic N) is 2. The van der Waals surface area contributed by atoms with Crippen LogP contribution in [0.3, 0.4) is 0 Å². The van der Waals surface area contributed by atoms with Gasteiger partial charge >= 0.3 is 5.97 Å². The Hall–Kier alpha value is -1.62. The molecule has 0 aromatic carbocycles. The molecule has 0 unspecified atom stereocenters. The van der Waals surface area contributed by atoms with Crippen molar-refractivity contribution in [2.24, 2.45) is 5.92 Å². The lowest BCUT2D eigenvalue weighted by atomic mass is 9.97. The Kier molecular flexibility index (Phi) is 5.56. The average molecular weight is 292 g/mol. The van der Waals surface area contributed by atoms with Gasteiger partial charge < -0.3 is 14.7 Å². The Balaban J connectivity index is 2.13. The van der Waals surface area contributed by atoms with Crippen molar-refractivity contribution in [1.29, 1.82) is 0 Å². The molecule has 1 aliphatic rings. The smallest absolute Gasteiger partial charge is 0.335 e. The Labute approximate surface area is 125 Å². The van der Waals surface area contributed by atoms with E-state index in [9.17, 15) is 9.90 Å². The maximum atomic E-state index is 11.3. The molecule has 116 valence electrons. The molecule has 2 rings (SSSR count). The molecule has 0 bridgehead atoms. The Morgan fingerprint density at radius 2 is 2.14 bits per heavy atom. The number of methoxy groups -OCH3 is 1.